The van der Waals surface area contributed by atoms with Crippen molar-refractivity contribution in [1.29, 1.82) is 0 Å². The van der Waals surface area contributed by atoms with E-state index in [-0.39, 0.29) is 17.4 Å². The van der Waals surface area contributed by atoms with Crippen LogP contribution < -0.4 is 11.1 Å². The first-order valence-electron chi connectivity index (χ1n) is 8.01. The zero-order valence-corrected chi connectivity index (χ0v) is 13.8. The maximum absolute atomic E-state index is 12.6. The predicted molar refractivity (Wildman–Crippen MR) is 88.7 cm³/mol. The average molecular weight is 316 g/mol. The Balaban J connectivity index is 1.65. The second-order valence-electron chi connectivity index (χ2n) is 6.72. The third-order valence-electron chi connectivity index (χ3n) is 5.09. The van der Waals surface area contributed by atoms with Crippen molar-refractivity contribution in [2.45, 2.75) is 45.4 Å². The van der Waals surface area contributed by atoms with Gasteiger partial charge in [-0.3, -0.25) is 4.79 Å². The number of imidazole rings is 1. The summed E-state index contributed by atoms with van der Waals surface area (Å²) in [5, 5.41) is 2.91. The van der Waals surface area contributed by atoms with E-state index in [1.54, 1.807) is 0 Å². The Kier molecular flexibility index (Phi) is 3.90. The maximum Gasteiger partial charge on any atom is 0.241 e. The third-order valence-corrected chi connectivity index (χ3v) is 5.09. The lowest BCUT2D eigenvalue weighted by atomic mass is 9.54. The first-order valence-corrected chi connectivity index (χ1v) is 8.01. The Morgan fingerprint density at radius 2 is 2.22 bits per heavy atom. The molecular weight excluding hydrogens is 292 g/mol. The number of benzene rings is 1. The van der Waals surface area contributed by atoms with E-state index in [1.165, 1.54) is 0 Å². The molecule has 3 rings (SSSR count). The van der Waals surface area contributed by atoms with Gasteiger partial charge in [-0.1, -0.05) is 26.0 Å². The highest BCUT2D eigenvalue weighted by atomic mass is 16.5. The molecule has 6 heteroatoms. The summed E-state index contributed by atoms with van der Waals surface area (Å²) in [6, 6.07) is 7.77. The number of nitrogens with one attached hydrogen (secondary N) is 2. The summed E-state index contributed by atoms with van der Waals surface area (Å²) in [7, 11) is 0. The molecule has 0 bridgehead atoms. The number of ether oxygens (including phenoxy) is 1. The molecule has 4 N–H and O–H groups in total. The van der Waals surface area contributed by atoms with Crippen LogP contribution in [0.25, 0.3) is 11.0 Å². The molecule has 0 spiro atoms. The highest BCUT2D eigenvalue weighted by Crippen LogP contribution is 2.49. The van der Waals surface area contributed by atoms with Gasteiger partial charge in [0.2, 0.25) is 5.91 Å². The normalized spacial score (nSPS) is 26.0. The number of aromatic amines is 1. The van der Waals surface area contributed by atoms with Crippen molar-refractivity contribution in [3.05, 3.63) is 30.1 Å². The zero-order chi connectivity index (χ0) is 16.7. The van der Waals surface area contributed by atoms with E-state index in [4.69, 9.17) is 10.5 Å². The van der Waals surface area contributed by atoms with E-state index in [0.717, 1.165) is 16.9 Å². The zero-order valence-electron chi connectivity index (χ0n) is 13.8. The second-order valence-corrected chi connectivity index (χ2v) is 6.72. The number of H-pyrrole nitrogens is 1. The molecule has 1 fully saturated rings. The van der Waals surface area contributed by atoms with Crippen LogP contribution in [0.3, 0.4) is 0 Å². The molecule has 2 atom stereocenters. The first-order chi connectivity index (χ1) is 10.9. The monoisotopic (exact) mass is 316 g/mol. The van der Waals surface area contributed by atoms with Gasteiger partial charge in [-0.05, 0) is 19.1 Å². The lowest BCUT2D eigenvalue weighted by molar-refractivity contribution is -0.170. The van der Waals surface area contributed by atoms with Crippen molar-refractivity contribution in [2.24, 2.45) is 11.1 Å². The molecule has 0 radical (unpaired) electrons. The van der Waals surface area contributed by atoms with Crippen molar-refractivity contribution in [2.75, 3.05) is 6.61 Å². The first kappa shape index (κ1) is 16.0. The molecule has 2 aromatic rings. The molecular formula is C17H24N4O2. The number of nitrogens with two attached hydrogens (primary N) is 1. The summed E-state index contributed by atoms with van der Waals surface area (Å²) in [5.41, 5.74) is 6.92. The van der Waals surface area contributed by atoms with Crippen LogP contribution in [0, 0.1) is 5.41 Å². The Morgan fingerprint density at radius 3 is 2.87 bits per heavy atom. The molecule has 0 saturated heterocycles. The van der Waals surface area contributed by atoms with Crippen LogP contribution >= 0.6 is 0 Å². The average Bonchev–Trinajstić information content (AvgIpc) is 2.95. The Hall–Kier alpha value is -1.92. The van der Waals surface area contributed by atoms with Gasteiger partial charge in [0.15, 0.2) is 0 Å². The molecule has 1 amide bonds. The van der Waals surface area contributed by atoms with Crippen LogP contribution in [0.5, 0.6) is 0 Å². The third kappa shape index (κ3) is 2.52. The van der Waals surface area contributed by atoms with Gasteiger partial charge in [0, 0.05) is 18.4 Å². The molecule has 2 unspecified atom stereocenters. The minimum absolute atomic E-state index is 0.0226. The maximum atomic E-state index is 12.6. The molecule has 124 valence electrons. The predicted octanol–water partition coefficient (Wildman–Crippen LogP) is 1.71. The summed E-state index contributed by atoms with van der Waals surface area (Å²) in [4.78, 5) is 20.2. The van der Waals surface area contributed by atoms with Gasteiger partial charge < -0.3 is 20.8 Å². The van der Waals surface area contributed by atoms with Crippen LogP contribution in [-0.2, 0) is 16.1 Å². The minimum Gasteiger partial charge on any atom is -0.378 e. The minimum atomic E-state index is -0.904. The molecule has 1 aliphatic carbocycles. The van der Waals surface area contributed by atoms with Gasteiger partial charge in [-0.15, -0.1) is 0 Å². The van der Waals surface area contributed by atoms with Crippen LogP contribution in [0.1, 0.15) is 33.0 Å². The summed E-state index contributed by atoms with van der Waals surface area (Å²) < 4.78 is 5.66. The SMILES string of the molecule is CCOC1CC(N)(C(=O)NCc2nc3ccccc3[nH]2)C1(C)C. The van der Waals surface area contributed by atoms with E-state index < -0.39 is 5.54 Å². The fraction of sp³-hybridized carbons (Fsp3) is 0.529. The van der Waals surface area contributed by atoms with Crippen LogP contribution in [0.4, 0.5) is 0 Å². The van der Waals surface area contributed by atoms with Crippen LogP contribution in [-0.4, -0.2) is 34.1 Å². The Morgan fingerprint density at radius 1 is 1.48 bits per heavy atom. The van der Waals surface area contributed by atoms with Gasteiger partial charge in [0.1, 0.15) is 11.4 Å². The summed E-state index contributed by atoms with van der Waals surface area (Å²) >= 11 is 0. The van der Waals surface area contributed by atoms with E-state index in [1.807, 2.05) is 45.0 Å². The number of amides is 1. The van der Waals surface area contributed by atoms with Crippen LogP contribution in [0.2, 0.25) is 0 Å². The fourth-order valence-corrected chi connectivity index (χ4v) is 3.23. The molecule has 1 saturated carbocycles. The molecule has 1 aromatic carbocycles. The van der Waals surface area contributed by atoms with Gasteiger partial charge in [-0.25, -0.2) is 4.98 Å². The molecule has 23 heavy (non-hydrogen) atoms. The fourth-order valence-electron chi connectivity index (χ4n) is 3.23. The second kappa shape index (κ2) is 5.62. The highest BCUT2D eigenvalue weighted by Gasteiger charge is 2.62. The number of fused-ring (bicyclic) bond motifs is 1. The van der Waals surface area contributed by atoms with Crippen molar-refractivity contribution in [3.8, 4) is 0 Å². The number of carbonyl (C=O) groups is 1. The number of nitrogens with zero attached hydrogens (tertiary/aromatic N) is 1. The van der Waals surface area contributed by atoms with E-state index in [2.05, 4.69) is 15.3 Å². The number of hydrogen-bond acceptors (Lipinski definition) is 4. The van der Waals surface area contributed by atoms with Gasteiger partial charge in [-0.2, -0.15) is 0 Å². The van der Waals surface area contributed by atoms with Crippen LogP contribution in [0.15, 0.2) is 24.3 Å². The number of carbonyl (C=O) groups excluding carboxylic acids is 1. The molecule has 1 heterocycles. The van der Waals surface area contributed by atoms with Crippen molar-refractivity contribution in [3.63, 3.8) is 0 Å². The number of rotatable bonds is 5. The number of para-hydroxylation sites is 2. The van der Waals surface area contributed by atoms with E-state index in [0.29, 0.717) is 19.6 Å². The molecule has 6 nitrogen and oxygen atoms in total. The lowest BCUT2D eigenvalue weighted by Crippen LogP contribution is -2.75. The van der Waals surface area contributed by atoms with Gasteiger partial charge >= 0.3 is 0 Å². The standard InChI is InChI=1S/C17H24N4O2/c1-4-23-13-9-17(18,16(13,2)3)15(22)19-10-14-20-11-7-5-6-8-12(11)21-14/h5-8,13H,4,9-10,18H2,1-3H3,(H,19,22)(H,20,21). The van der Waals surface area contributed by atoms with Gasteiger partial charge in [0.25, 0.3) is 0 Å². The lowest BCUT2D eigenvalue weighted by Gasteiger charge is -2.57. The van der Waals surface area contributed by atoms with E-state index in [9.17, 15) is 4.79 Å². The molecule has 0 aliphatic heterocycles. The summed E-state index contributed by atoms with van der Waals surface area (Å²) in [6.45, 7) is 6.88. The van der Waals surface area contributed by atoms with Crippen molar-refractivity contribution in [1.82, 2.24) is 15.3 Å². The Labute approximate surface area is 135 Å². The molecule has 1 aromatic heterocycles. The smallest absolute Gasteiger partial charge is 0.241 e. The summed E-state index contributed by atoms with van der Waals surface area (Å²) in [5.74, 6) is 0.570. The highest BCUT2D eigenvalue weighted by molar-refractivity contribution is 5.88. The van der Waals surface area contributed by atoms with E-state index >= 15 is 0 Å². The van der Waals surface area contributed by atoms with Gasteiger partial charge in [0.05, 0.1) is 23.7 Å². The number of hydrogen-bond donors (Lipinski definition) is 3. The Bertz CT molecular complexity index is 691. The number of aromatic nitrogens is 2. The largest absolute Gasteiger partial charge is 0.378 e. The van der Waals surface area contributed by atoms with Crippen molar-refractivity contribution >= 4 is 16.9 Å². The van der Waals surface area contributed by atoms with Crippen molar-refractivity contribution < 1.29 is 9.53 Å². The quantitative estimate of drug-likeness (QED) is 0.783. The topological polar surface area (TPSA) is 93.0 Å². The summed E-state index contributed by atoms with van der Waals surface area (Å²) in [6.07, 6.45) is 0.564. The molecule has 1 aliphatic rings.